The molecule has 0 saturated heterocycles. The number of nitrogens with one attached hydrogen (secondary N) is 2. The van der Waals surface area contributed by atoms with Crippen LogP contribution in [0.1, 0.15) is 16.9 Å². The van der Waals surface area contributed by atoms with Crippen LogP contribution in [0.25, 0.3) is 0 Å². The number of benzene rings is 2. The number of hydrogen-bond acceptors (Lipinski definition) is 3. The fourth-order valence-electron chi connectivity index (χ4n) is 2.46. The summed E-state index contributed by atoms with van der Waals surface area (Å²) in [4.78, 5) is 12.2. The molecule has 3 aromatic rings. The molecule has 122 valence electrons. The van der Waals surface area contributed by atoms with E-state index in [1.54, 1.807) is 6.26 Å². The largest absolute Gasteiger partial charge is 0.467 e. The Hall–Kier alpha value is -3.01. The van der Waals surface area contributed by atoms with Crippen LogP contribution in [0.5, 0.6) is 0 Å². The number of amides is 1. The molecule has 0 saturated carbocycles. The molecule has 0 aliphatic carbocycles. The Balaban J connectivity index is 1.54. The zero-order valence-corrected chi connectivity index (χ0v) is 13.6. The summed E-state index contributed by atoms with van der Waals surface area (Å²) in [6, 6.07) is 19.4. The number of carbonyl (C=O) groups excluding carboxylic acids is 1. The maximum atomic E-state index is 12.2. The molecule has 0 radical (unpaired) electrons. The van der Waals surface area contributed by atoms with E-state index in [0.717, 1.165) is 28.3 Å². The van der Waals surface area contributed by atoms with Crippen molar-refractivity contribution in [3.05, 3.63) is 83.8 Å². The predicted molar refractivity (Wildman–Crippen MR) is 96.0 cm³/mol. The first kappa shape index (κ1) is 15.9. The highest BCUT2D eigenvalue weighted by atomic mass is 16.3. The molecule has 0 fully saturated rings. The summed E-state index contributed by atoms with van der Waals surface area (Å²) in [5.41, 5.74) is 3.94. The van der Waals surface area contributed by atoms with Crippen LogP contribution in [-0.4, -0.2) is 5.91 Å². The van der Waals surface area contributed by atoms with Crippen molar-refractivity contribution in [3.8, 4) is 0 Å². The smallest absolute Gasteiger partial charge is 0.228 e. The topological polar surface area (TPSA) is 54.3 Å². The molecular formula is C20H20N2O2. The number of aryl methyl sites for hydroxylation is 1. The van der Waals surface area contributed by atoms with Gasteiger partial charge in [0.25, 0.3) is 0 Å². The van der Waals surface area contributed by atoms with Crippen LogP contribution in [0, 0.1) is 6.92 Å². The summed E-state index contributed by atoms with van der Waals surface area (Å²) in [7, 11) is 0. The van der Waals surface area contributed by atoms with Crippen LogP contribution in [0.4, 0.5) is 11.4 Å². The molecule has 0 unspecified atom stereocenters. The number of furan rings is 1. The Morgan fingerprint density at radius 3 is 2.42 bits per heavy atom. The first-order valence-electron chi connectivity index (χ1n) is 7.91. The normalized spacial score (nSPS) is 10.4. The minimum Gasteiger partial charge on any atom is -0.467 e. The van der Waals surface area contributed by atoms with Crippen molar-refractivity contribution in [3.63, 3.8) is 0 Å². The summed E-state index contributed by atoms with van der Waals surface area (Å²) < 4.78 is 5.28. The van der Waals surface area contributed by atoms with E-state index < -0.39 is 0 Å². The highest BCUT2D eigenvalue weighted by Crippen LogP contribution is 2.16. The molecule has 0 aliphatic heterocycles. The molecule has 1 amide bonds. The lowest BCUT2D eigenvalue weighted by Gasteiger charge is -2.09. The van der Waals surface area contributed by atoms with Crippen molar-refractivity contribution < 1.29 is 9.21 Å². The predicted octanol–water partition coefficient (Wildman–Crippen LogP) is 4.38. The number of anilines is 2. The number of rotatable bonds is 6. The van der Waals surface area contributed by atoms with Crippen molar-refractivity contribution in [2.45, 2.75) is 19.9 Å². The van der Waals surface area contributed by atoms with Crippen LogP contribution in [-0.2, 0) is 17.8 Å². The molecule has 4 nitrogen and oxygen atoms in total. The van der Waals surface area contributed by atoms with E-state index in [0.29, 0.717) is 13.0 Å². The van der Waals surface area contributed by atoms with Gasteiger partial charge in [-0.15, -0.1) is 0 Å². The van der Waals surface area contributed by atoms with Gasteiger partial charge in [-0.25, -0.2) is 0 Å². The van der Waals surface area contributed by atoms with Crippen molar-refractivity contribution in [2.24, 2.45) is 0 Å². The van der Waals surface area contributed by atoms with Gasteiger partial charge in [-0.05, 0) is 54.4 Å². The molecule has 0 spiro atoms. The van der Waals surface area contributed by atoms with E-state index in [-0.39, 0.29) is 5.91 Å². The second-order valence-electron chi connectivity index (χ2n) is 5.66. The molecule has 2 aromatic carbocycles. The van der Waals surface area contributed by atoms with Crippen molar-refractivity contribution in [1.82, 2.24) is 0 Å². The lowest BCUT2D eigenvalue weighted by atomic mass is 10.1. The van der Waals surface area contributed by atoms with E-state index in [9.17, 15) is 4.79 Å². The zero-order chi connectivity index (χ0) is 16.8. The Labute approximate surface area is 141 Å². The van der Waals surface area contributed by atoms with Gasteiger partial charge in [0.2, 0.25) is 5.91 Å². The quantitative estimate of drug-likeness (QED) is 0.708. The van der Waals surface area contributed by atoms with Gasteiger partial charge in [0.05, 0.1) is 19.2 Å². The molecule has 1 aromatic heterocycles. The highest BCUT2D eigenvalue weighted by Gasteiger charge is 2.06. The summed E-state index contributed by atoms with van der Waals surface area (Å²) >= 11 is 0. The Bertz CT molecular complexity index is 793. The second kappa shape index (κ2) is 7.51. The minimum absolute atomic E-state index is 0.0133. The lowest BCUT2D eigenvalue weighted by molar-refractivity contribution is -0.115. The standard InChI is InChI=1S/C20H20N2O2/c1-15-5-2-3-6-16(15)13-20(23)22-18-10-8-17(9-11-18)21-14-19-7-4-12-24-19/h2-12,21H,13-14H2,1H3,(H,22,23). The maximum absolute atomic E-state index is 12.2. The van der Waals surface area contributed by atoms with Gasteiger partial charge in [0, 0.05) is 11.4 Å². The lowest BCUT2D eigenvalue weighted by Crippen LogP contribution is -2.15. The third kappa shape index (κ3) is 4.26. The Kier molecular flexibility index (Phi) is 4.96. The minimum atomic E-state index is -0.0133. The monoisotopic (exact) mass is 320 g/mol. The fourth-order valence-corrected chi connectivity index (χ4v) is 2.46. The van der Waals surface area contributed by atoms with Gasteiger partial charge in [-0.3, -0.25) is 4.79 Å². The summed E-state index contributed by atoms with van der Waals surface area (Å²) in [6.07, 6.45) is 2.04. The van der Waals surface area contributed by atoms with Gasteiger partial charge in [0.15, 0.2) is 0 Å². The summed E-state index contributed by atoms with van der Waals surface area (Å²) in [5, 5.41) is 6.20. The summed E-state index contributed by atoms with van der Waals surface area (Å²) in [5.74, 6) is 0.867. The molecule has 24 heavy (non-hydrogen) atoms. The van der Waals surface area contributed by atoms with Crippen LogP contribution < -0.4 is 10.6 Å². The van der Waals surface area contributed by atoms with E-state index in [1.807, 2.05) is 67.6 Å². The first-order chi connectivity index (χ1) is 11.7. The molecule has 3 rings (SSSR count). The van der Waals surface area contributed by atoms with Crippen LogP contribution in [0.15, 0.2) is 71.3 Å². The second-order valence-corrected chi connectivity index (χ2v) is 5.66. The van der Waals surface area contributed by atoms with E-state index in [2.05, 4.69) is 10.6 Å². The van der Waals surface area contributed by atoms with Gasteiger partial charge in [0.1, 0.15) is 5.76 Å². The van der Waals surface area contributed by atoms with Gasteiger partial charge in [-0.1, -0.05) is 24.3 Å². The van der Waals surface area contributed by atoms with Crippen molar-refractivity contribution >= 4 is 17.3 Å². The third-order valence-corrected chi connectivity index (χ3v) is 3.83. The SMILES string of the molecule is Cc1ccccc1CC(=O)Nc1ccc(NCc2ccco2)cc1. The number of hydrogen-bond donors (Lipinski definition) is 2. The molecule has 2 N–H and O–H groups in total. The highest BCUT2D eigenvalue weighted by molar-refractivity contribution is 5.92. The summed E-state index contributed by atoms with van der Waals surface area (Å²) in [6.45, 7) is 2.65. The Morgan fingerprint density at radius 2 is 1.71 bits per heavy atom. The van der Waals surface area contributed by atoms with Crippen molar-refractivity contribution in [1.29, 1.82) is 0 Å². The van der Waals surface area contributed by atoms with Crippen molar-refractivity contribution in [2.75, 3.05) is 10.6 Å². The van der Waals surface area contributed by atoms with E-state index in [4.69, 9.17) is 4.42 Å². The molecule has 0 atom stereocenters. The van der Waals surface area contributed by atoms with E-state index in [1.165, 1.54) is 0 Å². The Morgan fingerprint density at radius 1 is 0.958 bits per heavy atom. The molecular weight excluding hydrogens is 300 g/mol. The zero-order valence-electron chi connectivity index (χ0n) is 13.6. The molecule has 0 aliphatic rings. The van der Waals surface area contributed by atoms with Crippen LogP contribution in [0.3, 0.4) is 0 Å². The maximum Gasteiger partial charge on any atom is 0.228 e. The average molecular weight is 320 g/mol. The molecule has 4 heteroatoms. The molecule has 0 bridgehead atoms. The van der Waals surface area contributed by atoms with Crippen LogP contribution in [0.2, 0.25) is 0 Å². The molecule has 1 heterocycles. The van der Waals surface area contributed by atoms with Gasteiger partial charge >= 0.3 is 0 Å². The average Bonchev–Trinajstić information content (AvgIpc) is 3.10. The van der Waals surface area contributed by atoms with E-state index >= 15 is 0 Å². The van der Waals surface area contributed by atoms with Gasteiger partial charge in [-0.2, -0.15) is 0 Å². The number of carbonyl (C=O) groups is 1. The third-order valence-electron chi connectivity index (χ3n) is 3.83. The van der Waals surface area contributed by atoms with Crippen LogP contribution >= 0.6 is 0 Å². The fraction of sp³-hybridized carbons (Fsp3) is 0.150. The van der Waals surface area contributed by atoms with Gasteiger partial charge < -0.3 is 15.1 Å². The first-order valence-corrected chi connectivity index (χ1v) is 7.91.